The number of fused-ring (bicyclic) bond motifs is 1. The van der Waals surface area contributed by atoms with Crippen molar-refractivity contribution in [2.24, 2.45) is 0 Å². The van der Waals surface area contributed by atoms with Gasteiger partial charge in [0.25, 0.3) is 0 Å². The van der Waals surface area contributed by atoms with E-state index in [2.05, 4.69) is 25.2 Å². The second kappa shape index (κ2) is 10.4. The van der Waals surface area contributed by atoms with Crippen LogP contribution in [0.1, 0.15) is 43.7 Å². The number of para-hydroxylation sites is 1. The highest BCUT2D eigenvalue weighted by atomic mass is 19.4. The Bertz CT molecular complexity index is 1290. The van der Waals surface area contributed by atoms with Crippen LogP contribution in [-0.4, -0.2) is 32.7 Å². The second-order valence-electron chi connectivity index (χ2n) is 8.80. The lowest BCUT2D eigenvalue weighted by Crippen LogP contribution is -2.15. The van der Waals surface area contributed by atoms with Crippen molar-refractivity contribution in [2.45, 2.75) is 44.3 Å². The number of anilines is 3. The number of hydrogen-bond acceptors (Lipinski definition) is 6. The van der Waals surface area contributed by atoms with Crippen molar-refractivity contribution < 1.29 is 17.9 Å². The maximum Gasteiger partial charge on any atom is 0.416 e. The van der Waals surface area contributed by atoms with E-state index >= 15 is 0 Å². The molecule has 36 heavy (non-hydrogen) atoms. The Morgan fingerprint density at radius 1 is 0.944 bits per heavy atom. The first-order valence-electron chi connectivity index (χ1n) is 12.1. The van der Waals surface area contributed by atoms with Gasteiger partial charge in [-0.25, -0.2) is 4.98 Å². The normalized spacial score (nSPS) is 14.6. The molecule has 0 saturated heterocycles. The summed E-state index contributed by atoms with van der Waals surface area (Å²) in [4.78, 5) is 13.9. The van der Waals surface area contributed by atoms with E-state index in [-0.39, 0.29) is 5.95 Å². The van der Waals surface area contributed by atoms with Crippen molar-refractivity contribution in [3.05, 3.63) is 66.5 Å². The predicted octanol–water partition coefficient (Wildman–Crippen LogP) is 6.58. The molecule has 5 rings (SSSR count). The van der Waals surface area contributed by atoms with Gasteiger partial charge in [-0.1, -0.05) is 37.5 Å². The van der Waals surface area contributed by atoms with Gasteiger partial charge >= 0.3 is 6.18 Å². The number of halogens is 3. The molecule has 1 fully saturated rings. The minimum Gasteiger partial charge on any atom is -0.492 e. The average molecular weight is 497 g/mol. The largest absolute Gasteiger partial charge is 0.492 e. The second-order valence-corrected chi connectivity index (χ2v) is 8.80. The maximum atomic E-state index is 12.9. The topological polar surface area (TPSA) is 76.9 Å². The first kappa shape index (κ1) is 23.9. The number of ether oxygens (including phenoxy) is 1. The van der Waals surface area contributed by atoms with Gasteiger partial charge in [-0.2, -0.15) is 23.1 Å². The van der Waals surface area contributed by atoms with E-state index in [0.29, 0.717) is 41.9 Å². The van der Waals surface area contributed by atoms with Crippen molar-refractivity contribution in [3.8, 4) is 5.75 Å². The van der Waals surface area contributed by atoms with E-state index in [4.69, 9.17) is 9.72 Å². The number of alkyl halides is 3. The number of nitrogens with one attached hydrogen (secondary N) is 2. The van der Waals surface area contributed by atoms with E-state index in [1.165, 1.54) is 18.6 Å². The molecule has 2 aromatic heterocycles. The van der Waals surface area contributed by atoms with E-state index in [9.17, 15) is 13.2 Å². The number of nitrogens with zero attached hydrogens (tertiary/aromatic N) is 4. The Morgan fingerprint density at radius 2 is 1.69 bits per heavy atom. The van der Waals surface area contributed by atoms with E-state index in [1.54, 1.807) is 0 Å². The Hall–Kier alpha value is -3.82. The molecule has 4 aromatic rings. The molecule has 2 aromatic carbocycles. The summed E-state index contributed by atoms with van der Waals surface area (Å²) in [6.07, 6.45) is 3.09. The fourth-order valence-electron chi connectivity index (χ4n) is 4.45. The van der Waals surface area contributed by atoms with Crippen molar-refractivity contribution in [3.63, 3.8) is 0 Å². The number of imidazole rings is 1. The molecule has 0 atom stereocenters. The summed E-state index contributed by atoms with van der Waals surface area (Å²) < 4.78 is 46.7. The molecule has 2 N–H and O–H groups in total. The zero-order valence-electron chi connectivity index (χ0n) is 19.6. The monoisotopic (exact) mass is 496 g/mol. The summed E-state index contributed by atoms with van der Waals surface area (Å²) in [5.41, 5.74) is 1.10. The third-order valence-electron chi connectivity index (χ3n) is 6.26. The van der Waals surface area contributed by atoms with Crippen LogP contribution in [0.3, 0.4) is 0 Å². The van der Waals surface area contributed by atoms with E-state index in [0.717, 1.165) is 43.6 Å². The fourth-order valence-corrected chi connectivity index (χ4v) is 4.45. The summed E-state index contributed by atoms with van der Waals surface area (Å²) >= 11 is 0. The van der Waals surface area contributed by atoms with Crippen molar-refractivity contribution in [1.82, 2.24) is 19.5 Å². The van der Waals surface area contributed by atoms with Crippen LogP contribution in [0, 0.1) is 0 Å². The zero-order chi connectivity index (χ0) is 25.0. The molecule has 1 aliphatic carbocycles. The van der Waals surface area contributed by atoms with Crippen molar-refractivity contribution in [2.75, 3.05) is 23.8 Å². The molecule has 0 amide bonds. The molecule has 2 heterocycles. The quantitative estimate of drug-likeness (QED) is 0.268. The van der Waals surface area contributed by atoms with Gasteiger partial charge in [0.1, 0.15) is 12.4 Å². The highest BCUT2D eigenvalue weighted by molar-refractivity contribution is 5.84. The van der Waals surface area contributed by atoms with E-state index in [1.807, 2.05) is 36.7 Å². The standard InChI is InChI=1S/C26H27F3N6O/c27-26(28,29)18-11-13-19(14-12-18)32-25-33-23(30-15-16-36-21-9-5-2-6-10-21)22-24(34-25)35(17-31-22)20-7-3-1-4-8-20/h2,5-6,9-14,17,20H,1,3-4,7-8,15-16H2,(H2,30,32,33,34). The van der Waals surface area contributed by atoms with Crippen LogP contribution in [0.4, 0.5) is 30.6 Å². The van der Waals surface area contributed by atoms with Crippen LogP contribution in [-0.2, 0) is 6.18 Å². The highest BCUT2D eigenvalue weighted by Crippen LogP contribution is 2.33. The van der Waals surface area contributed by atoms with Gasteiger partial charge in [-0.3, -0.25) is 0 Å². The molecule has 7 nitrogen and oxygen atoms in total. The van der Waals surface area contributed by atoms with Gasteiger partial charge in [-0.05, 0) is 49.2 Å². The molecular formula is C26H27F3N6O. The van der Waals surface area contributed by atoms with Crippen LogP contribution in [0.2, 0.25) is 0 Å². The number of hydrogen-bond donors (Lipinski definition) is 2. The molecule has 10 heteroatoms. The third-order valence-corrected chi connectivity index (χ3v) is 6.26. The average Bonchev–Trinajstić information content (AvgIpc) is 3.32. The van der Waals surface area contributed by atoms with Gasteiger partial charge in [0, 0.05) is 11.7 Å². The Morgan fingerprint density at radius 3 is 2.42 bits per heavy atom. The predicted molar refractivity (Wildman–Crippen MR) is 133 cm³/mol. The first-order chi connectivity index (χ1) is 17.5. The fraction of sp³-hybridized carbons (Fsp3) is 0.346. The highest BCUT2D eigenvalue weighted by Gasteiger charge is 2.30. The molecule has 188 valence electrons. The Labute approximate surface area is 206 Å². The molecule has 0 spiro atoms. The van der Waals surface area contributed by atoms with Crippen LogP contribution >= 0.6 is 0 Å². The van der Waals surface area contributed by atoms with Crippen LogP contribution in [0.15, 0.2) is 60.9 Å². The molecule has 0 bridgehead atoms. The summed E-state index contributed by atoms with van der Waals surface area (Å²) in [6, 6.07) is 14.7. The molecule has 0 radical (unpaired) electrons. The lowest BCUT2D eigenvalue weighted by molar-refractivity contribution is -0.137. The molecule has 0 unspecified atom stereocenters. The van der Waals surface area contributed by atoms with Gasteiger partial charge in [0.05, 0.1) is 18.4 Å². The van der Waals surface area contributed by atoms with Gasteiger partial charge in [0.2, 0.25) is 5.95 Å². The first-order valence-corrected chi connectivity index (χ1v) is 12.1. The summed E-state index contributed by atoms with van der Waals surface area (Å²) in [5, 5.41) is 6.34. The van der Waals surface area contributed by atoms with Crippen LogP contribution in [0.25, 0.3) is 11.2 Å². The number of benzene rings is 2. The maximum absolute atomic E-state index is 12.9. The lowest BCUT2D eigenvalue weighted by atomic mass is 9.95. The lowest BCUT2D eigenvalue weighted by Gasteiger charge is -2.23. The number of aromatic nitrogens is 4. The zero-order valence-corrected chi connectivity index (χ0v) is 19.6. The Kier molecular flexibility index (Phi) is 6.92. The minimum absolute atomic E-state index is 0.284. The molecule has 1 saturated carbocycles. The van der Waals surface area contributed by atoms with Crippen LogP contribution < -0.4 is 15.4 Å². The Balaban J connectivity index is 1.39. The number of rotatable bonds is 8. The van der Waals surface area contributed by atoms with Crippen LogP contribution in [0.5, 0.6) is 5.75 Å². The van der Waals surface area contributed by atoms with E-state index < -0.39 is 11.7 Å². The molecule has 1 aliphatic rings. The minimum atomic E-state index is -4.39. The van der Waals surface area contributed by atoms with Crippen molar-refractivity contribution >= 4 is 28.6 Å². The van der Waals surface area contributed by atoms with Gasteiger partial charge < -0.3 is 19.9 Å². The smallest absolute Gasteiger partial charge is 0.416 e. The SMILES string of the molecule is FC(F)(F)c1ccc(Nc2nc(NCCOc3ccccc3)c3ncn(C4CCCCC4)c3n2)cc1. The van der Waals surface area contributed by atoms with Gasteiger partial charge in [-0.15, -0.1) is 0 Å². The molecule has 0 aliphatic heterocycles. The summed E-state index contributed by atoms with van der Waals surface area (Å²) in [5.74, 6) is 1.60. The summed E-state index contributed by atoms with van der Waals surface area (Å²) in [7, 11) is 0. The van der Waals surface area contributed by atoms with Gasteiger partial charge in [0.15, 0.2) is 17.0 Å². The third kappa shape index (κ3) is 5.53. The molecular weight excluding hydrogens is 469 g/mol. The van der Waals surface area contributed by atoms with Crippen molar-refractivity contribution in [1.29, 1.82) is 0 Å². The summed E-state index contributed by atoms with van der Waals surface area (Å²) in [6.45, 7) is 0.900.